The lowest BCUT2D eigenvalue weighted by molar-refractivity contribution is 0.255. The van der Waals surface area contributed by atoms with Crippen molar-refractivity contribution in [3.05, 3.63) is 47.6 Å². The Kier molecular flexibility index (Phi) is 4.81. The van der Waals surface area contributed by atoms with E-state index in [0.717, 1.165) is 41.4 Å². The van der Waals surface area contributed by atoms with Crippen molar-refractivity contribution < 1.29 is 4.74 Å². The van der Waals surface area contributed by atoms with Crippen molar-refractivity contribution >= 4 is 27.4 Å². The van der Waals surface area contributed by atoms with E-state index in [2.05, 4.69) is 43.8 Å². The van der Waals surface area contributed by atoms with Crippen LogP contribution in [0.1, 0.15) is 24.4 Å². The van der Waals surface area contributed by atoms with Crippen LogP contribution in [0.4, 0.5) is 5.82 Å². The Balaban J connectivity index is 1.56. The van der Waals surface area contributed by atoms with Gasteiger partial charge in [0.05, 0.1) is 18.5 Å². The molecule has 6 heteroatoms. The molecule has 3 heterocycles. The molecule has 0 amide bonds. The Morgan fingerprint density at radius 3 is 2.72 bits per heavy atom. The Hall–Kier alpha value is -2.18. The molecule has 0 bridgehead atoms. The van der Waals surface area contributed by atoms with Gasteiger partial charge in [-0.2, -0.15) is 0 Å². The molecule has 5 nitrogen and oxygen atoms in total. The van der Waals surface area contributed by atoms with Gasteiger partial charge in [-0.05, 0) is 55.1 Å². The molecule has 1 aromatic carbocycles. The molecule has 25 heavy (non-hydrogen) atoms. The predicted molar refractivity (Wildman–Crippen MR) is 102 cm³/mol. The highest BCUT2D eigenvalue weighted by molar-refractivity contribution is 7.16. The third-order valence-corrected chi connectivity index (χ3v) is 5.63. The molecule has 130 valence electrons. The summed E-state index contributed by atoms with van der Waals surface area (Å²) in [5, 5.41) is 6.72. The maximum Gasteiger partial charge on any atom is 0.138 e. The number of thiophene rings is 1. The maximum absolute atomic E-state index is 5.30. The number of ether oxygens (including phenoxy) is 1. The number of benzene rings is 1. The van der Waals surface area contributed by atoms with Crippen molar-refractivity contribution in [3.8, 4) is 5.75 Å². The van der Waals surface area contributed by atoms with Crippen LogP contribution in [0, 0.1) is 0 Å². The van der Waals surface area contributed by atoms with Gasteiger partial charge in [0.15, 0.2) is 0 Å². The molecule has 0 aliphatic carbocycles. The van der Waals surface area contributed by atoms with Crippen LogP contribution in [0.5, 0.6) is 5.75 Å². The molecule has 1 aliphatic heterocycles. The molecular weight excluding hydrogens is 332 g/mol. The van der Waals surface area contributed by atoms with Crippen LogP contribution in [0.15, 0.2) is 42.0 Å². The molecule has 1 N–H and O–H groups in total. The first-order valence-corrected chi connectivity index (χ1v) is 9.53. The predicted octanol–water partition coefficient (Wildman–Crippen LogP) is 3.95. The first-order valence-electron chi connectivity index (χ1n) is 8.65. The van der Waals surface area contributed by atoms with Gasteiger partial charge in [0.1, 0.15) is 22.7 Å². The Bertz CT molecular complexity index is 827. The van der Waals surface area contributed by atoms with Crippen molar-refractivity contribution in [2.45, 2.75) is 18.9 Å². The summed E-state index contributed by atoms with van der Waals surface area (Å²) in [4.78, 5) is 12.4. The topological polar surface area (TPSA) is 50.3 Å². The van der Waals surface area contributed by atoms with E-state index < -0.39 is 0 Å². The smallest absolute Gasteiger partial charge is 0.138 e. The summed E-state index contributed by atoms with van der Waals surface area (Å²) in [7, 11) is 1.70. The molecule has 0 radical (unpaired) electrons. The van der Waals surface area contributed by atoms with Crippen LogP contribution in [0.3, 0.4) is 0 Å². The lowest BCUT2D eigenvalue weighted by Crippen LogP contribution is -2.31. The van der Waals surface area contributed by atoms with E-state index in [1.54, 1.807) is 24.8 Å². The molecule has 3 aromatic rings. The number of methoxy groups -OCH3 is 1. The molecule has 1 atom stereocenters. The van der Waals surface area contributed by atoms with Gasteiger partial charge in [-0.1, -0.05) is 12.1 Å². The summed E-state index contributed by atoms with van der Waals surface area (Å²) in [6.45, 7) is 3.13. The number of nitrogens with zero attached hydrogens (tertiary/aromatic N) is 3. The maximum atomic E-state index is 5.30. The van der Waals surface area contributed by atoms with E-state index >= 15 is 0 Å². The summed E-state index contributed by atoms with van der Waals surface area (Å²) in [6, 6.07) is 10.8. The Labute approximate surface area is 151 Å². The van der Waals surface area contributed by atoms with Crippen molar-refractivity contribution in [1.29, 1.82) is 0 Å². The zero-order chi connectivity index (χ0) is 17.1. The average molecular weight is 354 g/mol. The normalized spacial score (nSPS) is 16.2. The van der Waals surface area contributed by atoms with Gasteiger partial charge in [0.2, 0.25) is 0 Å². The molecule has 1 saturated heterocycles. The fourth-order valence-electron chi connectivity index (χ4n) is 3.46. The molecule has 4 rings (SSSR count). The molecule has 2 aromatic heterocycles. The van der Waals surface area contributed by atoms with E-state index in [0.29, 0.717) is 6.04 Å². The lowest BCUT2D eigenvalue weighted by atomic mass is 10.1. The van der Waals surface area contributed by atoms with Crippen LogP contribution in [0.25, 0.3) is 10.2 Å². The van der Waals surface area contributed by atoms with Gasteiger partial charge in [-0.3, -0.25) is 4.90 Å². The zero-order valence-corrected chi connectivity index (χ0v) is 15.1. The van der Waals surface area contributed by atoms with Gasteiger partial charge in [-0.15, -0.1) is 11.3 Å². The van der Waals surface area contributed by atoms with E-state index in [9.17, 15) is 0 Å². The van der Waals surface area contributed by atoms with E-state index in [-0.39, 0.29) is 0 Å². The third kappa shape index (κ3) is 3.45. The average Bonchev–Trinajstić information content (AvgIpc) is 3.34. The summed E-state index contributed by atoms with van der Waals surface area (Å²) in [6.07, 6.45) is 4.18. The van der Waals surface area contributed by atoms with Gasteiger partial charge >= 0.3 is 0 Å². The highest BCUT2D eigenvalue weighted by Gasteiger charge is 2.23. The quantitative estimate of drug-likeness (QED) is 0.726. The first-order chi connectivity index (χ1) is 12.3. The standard InChI is InChI=1S/C19H22N4OS/c1-24-15-6-4-14(5-7-15)17(23-9-2-3-10-23)12-20-18-16-8-11-25-19(16)22-13-21-18/h4-8,11,13,17H,2-3,9-10,12H2,1H3,(H,20,21,22)/t17-/m0/s1. The van der Waals surface area contributed by atoms with Crippen LogP contribution in [-0.2, 0) is 0 Å². The monoisotopic (exact) mass is 354 g/mol. The highest BCUT2D eigenvalue weighted by atomic mass is 32.1. The minimum atomic E-state index is 0.331. The Morgan fingerprint density at radius 1 is 1.16 bits per heavy atom. The summed E-state index contributed by atoms with van der Waals surface area (Å²) in [5.41, 5.74) is 1.31. The number of aromatic nitrogens is 2. The van der Waals surface area contributed by atoms with Crippen LogP contribution in [-0.4, -0.2) is 41.6 Å². The van der Waals surface area contributed by atoms with Gasteiger partial charge < -0.3 is 10.1 Å². The minimum absolute atomic E-state index is 0.331. The van der Waals surface area contributed by atoms with Crippen LogP contribution in [0.2, 0.25) is 0 Å². The lowest BCUT2D eigenvalue weighted by Gasteiger charge is -2.28. The van der Waals surface area contributed by atoms with Crippen molar-refractivity contribution in [2.24, 2.45) is 0 Å². The van der Waals surface area contributed by atoms with Gasteiger partial charge in [0, 0.05) is 6.54 Å². The number of hydrogen-bond acceptors (Lipinski definition) is 6. The SMILES string of the molecule is COc1ccc([C@H](CNc2ncnc3sccc23)N2CCCC2)cc1. The second-order valence-corrected chi connectivity index (χ2v) is 7.17. The van der Waals surface area contributed by atoms with E-state index in [1.807, 2.05) is 12.1 Å². The van der Waals surface area contributed by atoms with E-state index in [1.165, 1.54) is 18.4 Å². The zero-order valence-electron chi connectivity index (χ0n) is 14.3. The number of likely N-dealkylation sites (tertiary alicyclic amines) is 1. The van der Waals surface area contributed by atoms with Crippen molar-refractivity contribution in [1.82, 2.24) is 14.9 Å². The van der Waals surface area contributed by atoms with Gasteiger partial charge in [-0.25, -0.2) is 9.97 Å². The molecule has 0 unspecified atom stereocenters. The summed E-state index contributed by atoms with van der Waals surface area (Å²) >= 11 is 1.65. The highest BCUT2D eigenvalue weighted by Crippen LogP contribution is 2.29. The second-order valence-electron chi connectivity index (χ2n) is 6.27. The number of anilines is 1. The third-order valence-electron chi connectivity index (χ3n) is 4.81. The number of nitrogens with one attached hydrogen (secondary N) is 1. The molecule has 1 fully saturated rings. The number of rotatable bonds is 6. The molecule has 1 aliphatic rings. The van der Waals surface area contributed by atoms with Gasteiger partial charge in [0.25, 0.3) is 0 Å². The van der Waals surface area contributed by atoms with Crippen molar-refractivity contribution in [2.75, 3.05) is 32.1 Å². The van der Waals surface area contributed by atoms with Crippen LogP contribution < -0.4 is 10.1 Å². The fourth-order valence-corrected chi connectivity index (χ4v) is 4.19. The summed E-state index contributed by atoms with van der Waals surface area (Å²) < 4.78 is 5.30. The molecule has 0 saturated carbocycles. The largest absolute Gasteiger partial charge is 0.497 e. The van der Waals surface area contributed by atoms with Crippen LogP contribution >= 0.6 is 11.3 Å². The van der Waals surface area contributed by atoms with Crippen molar-refractivity contribution in [3.63, 3.8) is 0 Å². The Morgan fingerprint density at radius 2 is 1.96 bits per heavy atom. The fraction of sp³-hybridized carbons (Fsp3) is 0.368. The minimum Gasteiger partial charge on any atom is -0.497 e. The molecule has 0 spiro atoms. The van der Waals surface area contributed by atoms with E-state index in [4.69, 9.17) is 4.74 Å². The molecular formula is C19H22N4OS. The second kappa shape index (κ2) is 7.37. The number of fused-ring (bicyclic) bond motifs is 1. The summed E-state index contributed by atoms with van der Waals surface area (Å²) in [5.74, 6) is 1.82. The number of hydrogen-bond donors (Lipinski definition) is 1. The first kappa shape index (κ1) is 16.3.